The van der Waals surface area contributed by atoms with Crippen molar-refractivity contribution in [1.82, 2.24) is 9.55 Å². The molecule has 0 spiro atoms. The number of benzene rings is 2. The van der Waals surface area contributed by atoms with Crippen molar-refractivity contribution in [3.05, 3.63) is 107 Å². The minimum atomic E-state index is -0.852. The molecule has 6 nitrogen and oxygen atoms in total. The summed E-state index contributed by atoms with van der Waals surface area (Å²) in [4.78, 5) is 17.7. The van der Waals surface area contributed by atoms with Crippen molar-refractivity contribution in [2.75, 3.05) is 13.2 Å². The summed E-state index contributed by atoms with van der Waals surface area (Å²) in [6.45, 7) is 1.29. The molecule has 1 fully saturated rings. The number of ketones is 1. The average Bonchev–Trinajstić information content (AvgIpc) is 3.61. The zero-order chi connectivity index (χ0) is 21.8. The standard InChI is InChI=1S/C25H22N2O4S/c28-24(19-5-2-1-3-6-19)20-8-10-21(11-9-20)29-15-22-16-30-25(31-22,23-7-4-14-32-23)17-27-13-12-26-18-27/h1-14,18,22H,15-17H2. The third kappa shape index (κ3) is 4.36. The van der Waals surface area contributed by atoms with Gasteiger partial charge in [-0.3, -0.25) is 4.79 Å². The molecule has 162 valence electrons. The molecule has 2 unspecified atom stereocenters. The fraction of sp³-hybridized carbons (Fsp3) is 0.200. The largest absolute Gasteiger partial charge is 0.491 e. The van der Waals surface area contributed by atoms with E-state index in [1.165, 1.54) is 0 Å². The van der Waals surface area contributed by atoms with Crippen molar-refractivity contribution in [3.8, 4) is 5.75 Å². The number of thiophene rings is 1. The average molecular weight is 447 g/mol. The van der Waals surface area contributed by atoms with Gasteiger partial charge in [0.05, 0.1) is 24.4 Å². The lowest BCUT2D eigenvalue weighted by Gasteiger charge is -2.27. The van der Waals surface area contributed by atoms with Crippen LogP contribution >= 0.6 is 11.3 Å². The van der Waals surface area contributed by atoms with Crippen molar-refractivity contribution in [2.45, 2.75) is 18.4 Å². The van der Waals surface area contributed by atoms with Gasteiger partial charge in [-0.2, -0.15) is 0 Å². The summed E-state index contributed by atoms with van der Waals surface area (Å²) in [6, 6.07) is 20.4. The number of nitrogens with zero attached hydrogens (tertiary/aromatic N) is 2. The monoisotopic (exact) mass is 446 g/mol. The maximum Gasteiger partial charge on any atom is 0.223 e. The van der Waals surface area contributed by atoms with E-state index in [2.05, 4.69) is 4.98 Å². The third-order valence-corrected chi connectivity index (χ3v) is 6.29. The van der Waals surface area contributed by atoms with E-state index < -0.39 is 5.79 Å². The lowest BCUT2D eigenvalue weighted by atomic mass is 10.0. The molecule has 1 aliphatic heterocycles. The van der Waals surface area contributed by atoms with Crippen LogP contribution in [0.15, 0.2) is 90.8 Å². The van der Waals surface area contributed by atoms with E-state index in [1.807, 2.05) is 70.7 Å². The predicted molar refractivity (Wildman–Crippen MR) is 121 cm³/mol. The first-order valence-electron chi connectivity index (χ1n) is 10.4. The minimum absolute atomic E-state index is 0.00934. The number of imidazole rings is 1. The Morgan fingerprint density at radius 2 is 1.91 bits per heavy atom. The van der Waals surface area contributed by atoms with Gasteiger partial charge in [-0.15, -0.1) is 11.3 Å². The van der Waals surface area contributed by atoms with Crippen LogP contribution in [0.4, 0.5) is 0 Å². The number of hydrogen-bond acceptors (Lipinski definition) is 6. The Labute approximate surface area is 190 Å². The summed E-state index contributed by atoms with van der Waals surface area (Å²) in [5.41, 5.74) is 1.29. The van der Waals surface area contributed by atoms with Crippen LogP contribution in [0, 0.1) is 0 Å². The number of carbonyl (C=O) groups excluding carboxylic acids is 1. The number of carbonyl (C=O) groups is 1. The van der Waals surface area contributed by atoms with Crippen LogP contribution in [0.2, 0.25) is 0 Å². The molecule has 32 heavy (non-hydrogen) atoms. The van der Waals surface area contributed by atoms with Crippen molar-refractivity contribution in [1.29, 1.82) is 0 Å². The highest BCUT2D eigenvalue weighted by Crippen LogP contribution is 2.38. The molecule has 1 aliphatic rings. The van der Waals surface area contributed by atoms with Crippen molar-refractivity contribution in [2.24, 2.45) is 0 Å². The van der Waals surface area contributed by atoms with Gasteiger partial charge in [0.25, 0.3) is 0 Å². The topological polar surface area (TPSA) is 62.6 Å². The molecule has 0 N–H and O–H groups in total. The summed E-state index contributed by atoms with van der Waals surface area (Å²) in [5, 5.41) is 2.01. The van der Waals surface area contributed by atoms with E-state index >= 15 is 0 Å². The Bertz CT molecular complexity index is 1140. The Morgan fingerprint density at radius 1 is 1.09 bits per heavy atom. The Kier molecular flexibility index (Phi) is 5.85. The smallest absolute Gasteiger partial charge is 0.223 e. The van der Waals surface area contributed by atoms with Gasteiger partial charge in [0, 0.05) is 23.5 Å². The molecule has 0 radical (unpaired) electrons. The second kappa shape index (κ2) is 9.08. The molecular weight excluding hydrogens is 424 g/mol. The van der Waals surface area contributed by atoms with Crippen LogP contribution < -0.4 is 4.74 Å². The number of ether oxygens (including phenoxy) is 3. The first-order valence-corrected chi connectivity index (χ1v) is 11.2. The second-order valence-corrected chi connectivity index (χ2v) is 8.49. The summed E-state index contributed by atoms with van der Waals surface area (Å²) in [6.07, 6.45) is 5.17. The maximum absolute atomic E-state index is 12.6. The molecule has 2 aromatic carbocycles. The fourth-order valence-corrected chi connectivity index (χ4v) is 4.51. The van der Waals surface area contributed by atoms with Gasteiger partial charge in [0.1, 0.15) is 18.5 Å². The molecule has 0 saturated carbocycles. The number of hydrogen-bond donors (Lipinski definition) is 0. The van der Waals surface area contributed by atoms with Crippen molar-refractivity contribution < 1.29 is 19.0 Å². The zero-order valence-electron chi connectivity index (χ0n) is 17.3. The molecule has 0 bridgehead atoms. The van der Waals surface area contributed by atoms with Crippen molar-refractivity contribution >= 4 is 17.1 Å². The van der Waals surface area contributed by atoms with Gasteiger partial charge in [0.15, 0.2) is 5.78 Å². The Balaban J connectivity index is 1.22. The Morgan fingerprint density at radius 3 is 2.62 bits per heavy atom. The summed E-state index contributed by atoms with van der Waals surface area (Å²) in [7, 11) is 0. The van der Waals surface area contributed by atoms with E-state index in [0.717, 1.165) is 4.88 Å². The zero-order valence-corrected chi connectivity index (χ0v) is 18.1. The van der Waals surface area contributed by atoms with Crippen LogP contribution in [0.1, 0.15) is 20.8 Å². The van der Waals surface area contributed by atoms with Crippen LogP contribution in [-0.2, 0) is 21.8 Å². The van der Waals surface area contributed by atoms with Gasteiger partial charge in [-0.05, 0) is 35.7 Å². The van der Waals surface area contributed by atoms with E-state index in [-0.39, 0.29) is 11.9 Å². The lowest BCUT2D eigenvalue weighted by molar-refractivity contribution is -0.186. The van der Waals surface area contributed by atoms with Crippen LogP contribution in [0.3, 0.4) is 0 Å². The summed E-state index contributed by atoms with van der Waals surface area (Å²) >= 11 is 1.60. The normalized spacial score (nSPS) is 20.3. The molecule has 0 aliphatic carbocycles. The van der Waals surface area contributed by atoms with Crippen LogP contribution in [-0.4, -0.2) is 34.7 Å². The highest BCUT2D eigenvalue weighted by molar-refractivity contribution is 7.10. The molecule has 7 heteroatoms. The first kappa shape index (κ1) is 20.6. The molecular formula is C25H22N2O4S. The van der Waals surface area contributed by atoms with Gasteiger partial charge in [-0.25, -0.2) is 4.98 Å². The predicted octanol–water partition coefficient (Wildman–Crippen LogP) is 4.52. The molecule has 1 saturated heterocycles. The van der Waals surface area contributed by atoms with E-state index in [0.29, 0.717) is 36.6 Å². The fourth-order valence-electron chi connectivity index (χ4n) is 3.70. The van der Waals surface area contributed by atoms with Crippen molar-refractivity contribution in [3.63, 3.8) is 0 Å². The quantitative estimate of drug-likeness (QED) is 0.372. The van der Waals surface area contributed by atoms with Gasteiger partial charge >= 0.3 is 0 Å². The lowest BCUT2D eigenvalue weighted by Crippen LogP contribution is -2.33. The molecule has 3 heterocycles. The molecule has 2 aromatic heterocycles. The molecule has 0 amide bonds. The molecule has 5 rings (SSSR count). The van der Waals surface area contributed by atoms with Crippen LogP contribution in [0.5, 0.6) is 5.75 Å². The third-order valence-electron chi connectivity index (χ3n) is 5.29. The van der Waals surface area contributed by atoms with E-state index in [1.54, 1.807) is 36.0 Å². The van der Waals surface area contributed by atoms with Gasteiger partial charge in [-0.1, -0.05) is 36.4 Å². The summed E-state index contributed by atoms with van der Waals surface area (Å²) in [5.74, 6) is -0.180. The second-order valence-electron chi connectivity index (χ2n) is 7.55. The highest BCUT2D eigenvalue weighted by atomic mass is 32.1. The Hall–Kier alpha value is -3.26. The molecule has 4 aromatic rings. The number of aromatic nitrogens is 2. The summed E-state index contributed by atoms with van der Waals surface area (Å²) < 4.78 is 20.4. The first-order chi connectivity index (χ1) is 15.7. The maximum atomic E-state index is 12.6. The van der Waals surface area contributed by atoms with Gasteiger partial charge < -0.3 is 18.8 Å². The molecule has 2 atom stereocenters. The minimum Gasteiger partial charge on any atom is -0.491 e. The number of rotatable bonds is 8. The van der Waals surface area contributed by atoms with E-state index in [9.17, 15) is 4.79 Å². The van der Waals surface area contributed by atoms with E-state index in [4.69, 9.17) is 14.2 Å². The van der Waals surface area contributed by atoms with Crippen LogP contribution in [0.25, 0.3) is 0 Å². The SMILES string of the molecule is O=C(c1ccccc1)c1ccc(OCC2COC(Cn3ccnc3)(c3cccs3)O2)cc1. The van der Waals surface area contributed by atoms with Gasteiger partial charge in [0.2, 0.25) is 5.79 Å². The highest BCUT2D eigenvalue weighted by Gasteiger charge is 2.44.